The number of Topliss-reactive ketones (excluding diaryl/α,β-unsaturated/α-hetero) is 1. The van der Waals surface area contributed by atoms with E-state index in [1.165, 1.54) is 0 Å². The third-order valence-electron chi connectivity index (χ3n) is 9.23. The second-order valence-corrected chi connectivity index (χ2v) is 12.2. The van der Waals surface area contributed by atoms with Crippen LogP contribution in [-0.2, 0) is 4.79 Å². The average molecular weight is 403 g/mol. The van der Waals surface area contributed by atoms with E-state index in [9.17, 15) is 15.0 Å². The van der Waals surface area contributed by atoms with Crippen molar-refractivity contribution in [2.24, 2.45) is 39.4 Å². The monoisotopic (exact) mass is 402 g/mol. The zero-order chi connectivity index (χ0) is 22.0. The standard InChI is InChI=1S/C26H42O3/c1-9-24(7)15-19(27)25(8)16(2)10-13-26(17(3)22(24)29)14-18(20(28)21(25)26)11-12-23(4,5)6/h9,11,16-17,19,21-22,27,29H,1,10,12-15H2,2-8H3/b18-11+/t16-,17+,19-,21+,22+,24-,25+,26+/m1/s1. The molecule has 0 aliphatic heterocycles. The Morgan fingerprint density at radius 1 is 1.21 bits per heavy atom. The third-order valence-corrected chi connectivity index (χ3v) is 9.23. The van der Waals surface area contributed by atoms with Gasteiger partial charge < -0.3 is 10.2 Å². The smallest absolute Gasteiger partial charge is 0.162 e. The lowest BCUT2D eigenvalue weighted by Gasteiger charge is -2.61. The van der Waals surface area contributed by atoms with Crippen LogP contribution in [0.5, 0.6) is 0 Å². The molecule has 2 N–H and O–H groups in total. The largest absolute Gasteiger partial charge is 0.392 e. The van der Waals surface area contributed by atoms with Crippen LogP contribution in [0.25, 0.3) is 0 Å². The molecule has 2 bridgehead atoms. The fourth-order valence-corrected chi connectivity index (χ4v) is 6.83. The highest BCUT2D eigenvalue weighted by Gasteiger charge is 2.68. The molecule has 0 saturated heterocycles. The van der Waals surface area contributed by atoms with Gasteiger partial charge in [0.25, 0.3) is 0 Å². The maximum Gasteiger partial charge on any atom is 0.162 e. The summed E-state index contributed by atoms with van der Waals surface area (Å²) in [7, 11) is 0. The summed E-state index contributed by atoms with van der Waals surface area (Å²) < 4.78 is 0. The van der Waals surface area contributed by atoms with E-state index in [0.717, 1.165) is 31.3 Å². The van der Waals surface area contributed by atoms with Crippen molar-refractivity contribution in [3.63, 3.8) is 0 Å². The molecule has 0 aromatic heterocycles. The molecule has 3 aliphatic rings. The number of hydrogen-bond acceptors (Lipinski definition) is 3. The van der Waals surface area contributed by atoms with Gasteiger partial charge >= 0.3 is 0 Å². The number of allylic oxidation sites excluding steroid dienone is 2. The first-order valence-corrected chi connectivity index (χ1v) is 11.5. The Kier molecular flexibility index (Phi) is 5.53. The maximum absolute atomic E-state index is 13.8. The summed E-state index contributed by atoms with van der Waals surface area (Å²) in [6, 6.07) is 0. The summed E-state index contributed by atoms with van der Waals surface area (Å²) in [6.07, 6.45) is 6.69. The molecule has 8 atom stereocenters. The Labute approximate surface area is 177 Å². The lowest BCUT2D eigenvalue weighted by molar-refractivity contribution is -0.191. The van der Waals surface area contributed by atoms with Crippen molar-refractivity contribution >= 4 is 5.78 Å². The molecular formula is C26H42O3. The zero-order valence-corrected chi connectivity index (χ0v) is 19.6. The second-order valence-electron chi connectivity index (χ2n) is 12.2. The number of ketones is 1. The fourth-order valence-electron chi connectivity index (χ4n) is 6.83. The Morgan fingerprint density at radius 2 is 1.83 bits per heavy atom. The first-order valence-electron chi connectivity index (χ1n) is 11.5. The maximum atomic E-state index is 13.8. The van der Waals surface area contributed by atoms with Crippen LogP contribution in [0.2, 0.25) is 0 Å². The molecule has 0 radical (unpaired) electrons. The minimum Gasteiger partial charge on any atom is -0.392 e. The molecule has 29 heavy (non-hydrogen) atoms. The van der Waals surface area contributed by atoms with E-state index in [0.29, 0.717) is 6.42 Å². The second kappa shape index (κ2) is 7.05. The van der Waals surface area contributed by atoms with Gasteiger partial charge in [-0.25, -0.2) is 0 Å². The molecule has 3 nitrogen and oxygen atoms in total. The van der Waals surface area contributed by atoms with Crippen LogP contribution in [-0.4, -0.2) is 28.2 Å². The number of aliphatic hydroxyl groups is 2. The number of carbonyl (C=O) groups excluding carboxylic acids is 1. The molecule has 0 amide bonds. The topological polar surface area (TPSA) is 57.5 Å². The van der Waals surface area contributed by atoms with E-state index < -0.39 is 23.0 Å². The predicted molar refractivity (Wildman–Crippen MR) is 118 cm³/mol. The van der Waals surface area contributed by atoms with E-state index in [-0.39, 0.29) is 34.4 Å². The van der Waals surface area contributed by atoms with E-state index in [2.05, 4.69) is 54.2 Å². The van der Waals surface area contributed by atoms with Gasteiger partial charge in [0.1, 0.15) is 0 Å². The van der Waals surface area contributed by atoms with Crippen molar-refractivity contribution in [1.29, 1.82) is 0 Å². The van der Waals surface area contributed by atoms with Gasteiger partial charge in [0.05, 0.1) is 12.2 Å². The van der Waals surface area contributed by atoms with E-state index in [4.69, 9.17) is 0 Å². The number of rotatable bonds is 2. The molecule has 3 aliphatic carbocycles. The Bertz CT molecular complexity index is 716. The third kappa shape index (κ3) is 3.28. The van der Waals surface area contributed by atoms with Gasteiger partial charge in [0.2, 0.25) is 0 Å². The van der Waals surface area contributed by atoms with Crippen molar-refractivity contribution in [1.82, 2.24) is 0 Å². The highest BCUT2D eigenvalue weighted by Crippen LogP contribution is 2.68. The van der Waals surface area contributed by atoms with Crippen LogP contribution in [0, 0.1) is 39.4 Å². The van der Waals surface area contributed by atoms with Crippen molar-refractivity contribution in [2.75, 3.05) is 0 Å². The molecule has 3 rings (SSSR count). The van der Waals surface area contributed by atoms with E-state index in [1.54, 1.807) is 0 Å². The van der Waals surface area contributed by atoms with Gasteiger partial charge in [0, 0.05) is 16.7 Å². The van der Waals surface area contributed by atoms with Crippen molar-refractivity contribution < 1.29 is 15.0 Å². The predicted octanol–water partition coefficient (Wildman–Crippen LogP) is 5.31. The van der Waals surface area contributed by atoms with Gasteiger partial charge in [-0.05, 0) is 60.3 Å². The first kappa shape index (κ1) is 22.7. The summed E-state index contributed by atoms with van der Waals surface area (Å²) >= 11 is 0. The number of carbonyl (C=O) groups is 1. The van der Waals surface area contributed by atoms with Crippen LogP contribution in [0.1, 0.15) is 80.6 Å². The average Bonchev–Trinajstić information content (AvgIpc) is 2.94. The quantitative estimate of drug-likeness (QED) is 0.486. The van der Waals surface area contributed by atoms with E-state index >= 15 is 0 Å². The number of hydrogen-bond donors (Lipinski definition) is 2. The van der Waals surface area contributed by atoms with Crippen molar-refractivity contribution in [3.05, 3.63) is 24.3 Å². The number of aliphatic hydroxyl groups excluding tert-OH is 2. The van der Waals surface area contributed by atoms with Crippen LogP contribution >= 0.6 is 0 Å². The van der Waals surface area contributed by atoms with Crippen LogP contribution in [0.15, 0.2) is 24.3 Å². The summed E-state index contributed by atoms with van der Waals surface area (Å²) in [6.45, 7) is 19.1. The Morgan fingerprint density at radius 3 is 2.38 bits per heavy atom. The van der Waals surface area contributed by atoms with Gasteiger partial charge in [-0.15, -0.1) is 6.58 Å². The van der Waals surface area contributed by atoms with Crippen LogP contribution in [0.4, 0.5) is 0 Å². The normalized spacial score (nSPS) is 49.5. The zero-order valence-electron chi connectivity index (χ0n) is 19.6. The van der Waals surface area contributed by atoms with Crippen molar-refractivity contribution in [3.8, 4) is 0 Å². The highest BCUT2D eigenvalue weighted by molar-refractivity contribution is 6.01. The minimum absolute atomic E-state index is 0.0284. The molecule has 0 unspecified atom stereocenters. The first-order chi connectivity index (χ1) is 13.2. The lowest BCUT2D eigenvalue weighted by atomic mass is 9.44. The molecular weight excluding hydrogens is 360 g/mol. The molecule has 0 aromatic carbocycles. The van der Waals surface area contributed by atoms with Gasteiger partial charge in [0.15, 0.2) is 5.78 Å². The Hall–Kier alpha value is -0.930. The van der Waals surface area contributed by atoms with Crippen molar-refractivity contribution in [2.45, 2.75) is 92.8 Å². The highest BCUT2D eigenvalue weighted by atomic mass is 16.3. The molecule has 0 spiro atoms. The summed E-state index contributed by atoms with van der Waals surface area (Å²) in [4.78, 5) is 13.8. The molecule has 164 valence electrons. The molecule has 3 saturated carbocycles. The molecule has 3 heteroatoms. The molecule has 0 aromatic rings. The van der Waals surface area contributed by atoms with Crippen LogP contribution in [0.3, 0.4) is 0 Å². The van der Waals surface area contributed by atoms with Gasteiger partial charge in [-0.3, -0.25) is 4.79 Å². The van der Waals surface area contributed by atoms with Gasteiger partial charge in [-0.1, -0.05) is 60.6 Å². The Balaban J connectivity index is 2.18. The molecule has 0 heterocycles. The molecule has 3 fully saturated rings. The summed E-state index contributed by atoms with van der Waals surface area (Å²) in [5, 5.41) is 22.9. The minimum atomic E-state index is -0.641. The fraction of sp³-hybridized carbons (Fsp3) is 0.808. The summed E-state index contributed by atoms with van der Waals surface area (Å²) in [5.74, 6) is 0.236. The summed E-state index contributed by atoms with van der Waals surface area (Å²) in [5.41, 5.74) is -0.266. The van der Waals surface area contributed by atoms with Crippen LogP contribution < -0.4 is 0 Å². The SMILES string of the molecule is C=C[C@]1(C)C[C@@H](O)[C@]2(C)[C@H](C)CC[C@]3(C/C(=C\CC(C)(C)C)C(=O)[C@H]32)[C@@H](C)[C@@H]1O. The van der Waals surface area contributed by atoms with E-state index in [1.807, 2.05) is 13.0 Å². The lowest BCUT2D eigenvalue weighted by Crippen LogP contribution is -2.62. The van der Waals surface area contributed by atoms with Gasteiger partial charge in [-0.2, -0.15) is 0 Å².